The van der Waals surface area contributed by atoms with E-state index in [0.29, 0.717) is 18.4 Å². The molecule has 2 aliphatic rings. The van der Waals surface area contributed by atoms with E-state index in [-0.39, 0.29) is 29.9 Å². The number of carbonyl (C=O) groups excluding carboxylic acids is 1. The van der Waals surface area contributed by atoms with E-state index in [2.05, 4.69) is 58.6 Å². The van der Waals surface area contributed by atoms with E-state index < -0.39 is 0 Å². The molecule has 0 saturated carbocycles. The van der Waals surface area contributed by atoms with E-state index in [9.17, 15) is 4.79 Å². The van der Waals surface area contributed by atoms with Crippen molar-refractivity contribution in [1.29, 1.82) is 0 Å². The molecule has 33 heavy (non-hydrogen) atoms. The number of ether oxygens (including phenoxy) is 1. The van der Waals surface area contributed by atoms with Gasteiger partial charge in [0.1, 0.15) is 0 Å². The minimum atomic E-state index is 0. The van der Waals surface area contributed by atoms with Crippen LogP contribution in [0, 0.1) is 5.92 Å². The van der Waals surface area contributed by atoms with Gasteiger partial charge in [-0.15, -0.1) is 24.0 Å². The quantitative estimate of drug-likeness (QED) is 0.207. The number of guanidine groups is 1. The highest BCUT2D eigenvalue weighted by Gasteiger charge is 2.22. The van der Waals surface area contributed by atoms with Gasteiger partial charge in [-0.05, 0) is 36.3 Å². The van der Waals surface area contributed by atoms with Crippen LogP contribution >= 0.6 is 24.0 Å². The van der Waals surface area contributed by atoms with Gasteiger partial charge in [-0.3, -0.25) is 14.7 Å². The van der Waals surface area contributed by atoms with Crippen LogP contribution in [0.15, 0.2) is 29.3 Å². The number of morpholine rings is 1. The molecular weight excluding hydrogens is 529 g/mol. The molecule has 3 rings (SSSR count). The second-order valence-electron chi connectivity index (χ2n) is 9.25. The third kappa shape index (κ3) is 9.05. The Morgan fingerprint density at radius 3 is 2.55 bits per heavy atom. The second kappa shape index (κ2) is 14.8. The SMILES string of the molecule is CN=C(NCCCC(=O)N1CCc2ccccc2C1)NCC(CC(C)C)N1CCOCC1.I. The number of rotatable bonds is 9. The van der Waals surface area contributed by atoms with E-state index >= 15 is 0 Å². The topological polar surface area (TPSA) is 69.2 Å². The Labute approximate surface area is 216 Å². The molecule has 1 fully saturated rings. The number of nitrogens with zero attached hydrogens (tertiary/aromatic N) is 3. The number of benzene rings is 1. The summed E-state index contributed by atoms with van der Waals surface area (Å²) in [4.78, 5) is 21.5. The molecule has 0 radical (unpaired) electrons. The first kappa shape index (κ1) is 27.9. The first-order valence-electron chi connectivity index (χ1n) is 12.2. The van der Waals surface area contributed by atoms with Gasteiger partial charge in [0.2, 0.25) is 5.91 Å². The normalized spacial score (nSPS) is 17.8. The molecule has 0 spiro atoms. The summed E-state index contributed by atoms with van der Waals surface area (Å²) in [6.07, 6.45) is 3.47. The van der Waals surface area contributed by atoms with Gasteiger partial charge in [-0.25, -0.2) is 0 Å². The highest BCUT2D eigenvalue weighted by Crippen LogP contribution is 2.19. The molecule has 0 aliphatic carbocycles. The Morgan fingerprint density at radius 1 is 1.12 bits per heavy atom. The van der Waals surface area contributed by atoms with Crippen molar-refractivity contribution in [2.45, 2.75) is 52.1 Å². The molecule has 2 aliphatic heterocycles. The highest BCUT2D eigenvalue weighted by atomic mass is 127. The van der Waals surface area contributed by atoms with Crippen molar-refractivity contribution >= 4 is 35.8 Å². The Hall–Kier alpha value is -1.39. The lowest BCUT2D eigenvalue weighted by atomic mass is 9.99. The van der Waals surface area contributed by atoms with Gasteiger partial charge in [0.15, 0.2) is 5.96 Å². The summed E-state index contributed by atoms with van der Waals surface area (Å²) >= 11 is 0. The molecule has 186 valence electrons. The summed E-state index contributed by atoms with van der Waals surface area (Å²) in [5.41, 5.74) is 2.66. The number of amides is 1. The van der Waals surface area contributed by atoms with Gasteiger partial charge in [0.25, 0.3) is 0 Å². The molecule has 1 saturated heterocycles. The first-order valence-corrected chi connectivity index (χ1v) is 12.2. The maximum Gasteiger partial charge on any atom is 0.222 e. The maximum atomic E-state index is 12.7. The van der Waals surface area contributed by atoms with Crippen molar-refractivity contribution in [3.63, 3.8) is 0 Å². The molecule has 1 aromatic rings. The number of hydrogen-bond donors (Lipinski definition) is 2. The number of fused-ring (bicyclic) bond motifs is 1. The Balaban J connectivity index is 0.00000385. The molecule has 2 N–H and O–H groups in total. The summed E-state index contributed by atoms with van der Waals surface area (Å²) in [7, 11) is 1.80. The number of halogens is 1. The first-order chi connectivity index (χ1) is 15.6. The van der Waals surface area contributed by atoms with Gasteiger partial charge in [0, 0.05) is 58.8 Å². The zero-order valence-electron chi connectivity index (χ0n) is 20.5. The van der Waals surface area contributed by atoms with Crippen LogP contribution in [0.1, 0.15) is 44.2 Å². The lowest BCUT2D eigenvalue weighted by molar-refractivity contribution is -0.132. The molecule has 0 aromatic heterocycles. The van der Waals surface area contributed by atoms with E-state index in [1.165, 1.54) is 11.1 Å². The standard InChI is InChI=1S/C25H41N5O2.HI/c1-20(2)17-23(29-13-15-32-16-14-29)18-28-25(26-3)27-11-6-9-24(31)30-12-10-21-7-4-5-8-22(21)19-30;/h4-5,7-8,20,23H,6,9-19H2,1-3H3,(H2,26,27,28);1H. The van der Waals surface area contributed by atoms with Gasteiger partial charge < -0.3 is 20.3 Å². The molecule has 1 unspecified atom stereocenters. The molecule has 1 amide bonds. The zero-order chi connectivity index (χ0) is 22.8. The minimum Gasteiger partial charge on any atom is -0.379 e. The molecule has 7 nitrogen and oxygen atoms in total. The van der Waals surface area contributed by atoms with Crippen LogP contribution in [0.2, 0.25) is 0 Å². The van der Waals surface area contributed by atoms with Gasteiger partial charge in [0.05, 0.1) is 13.2 Å². The van der Waals surface area contributed by atoms with Gasteiger partial charge >= 0.3 is 0 Å². The van der Waals surface area contributed by atoms with Crippen molar-refractivity contribution in [2.75, 3.05) is 53.0 Å². The molecular formula is C25H42IN5O2. The van der Waals surface area contributed by atoms with Crippen LogP contribution < -0.4 is 10.6 Å². The fourth-order valence-electron chi connectivity index (χ4n) is 4.60. The average Bonchev–Trinajstić information content (AvgIpc) is 2.82. The minimum absolute atomic E-state index is 0. The fourth-order valence-corrected chi connectivity index (χ4v) is 4.60. The van der Waals surface area contributed by atoms with Crippen LogP contribution in [0.5, 0.6) is 0 Å². The summed E-state index contributed by atoms with van der Waals surface area (Å²) in [6, 6.07) is 8.91. The Morgan fingerprint density at radius 2 is 1.85 bits per heavy atom. The number of nitrogens with one attached hydrogen (secondary N) is 2. The van der Waals surface area contributed by atoms with Crippen molar-refractivity contribution in [3.05, 3.63) is 35.4 Å². The zero-order valence-corrected chi connectivity index (χ0v) is 22.8. The lowest BCUT2D eigenvalue weighted by Crippen LogP contribution is -2.51. The van der Waals surface area contributed by atoms with Crippen LogP contribution in [-0.2, 0) is 22.5 Å². The predicted octanol–water partition coefficient (Wildman–Crippen LogP) is 2.88. The van der Waals surface area contributed by atoms with Crippen molar-refractivity contribution < 1.29 is 9.53 Å². The van der Waals surface area contributed by atoms with Crippen LogP contribution in [0.4, 0.5) is 0 Å². The molecule has 2 heterocycles. The number of aliphatic imine (C=N–C) groups is 1. The summed E-state index contributed by atoms with van der Waals surface area (Å²) < 4.78 is 5.52. The monoisotopic (exact) mass is 571 g/mol. The smallest absolute Gasteiger partial charge is 0.222 e. The molecule has 0 bridgehead atoms. The number of hydrogen-bond acceptors (Lipinski definition) is 4. The van der Waals surface area contributed by atoms with Gasteiger partial charge in [-0.1, -0.05) is 38.1 Å². The van der Waals surface area contributed by atoms with Crippen molar-refractivity contribution in [3.8, 4) is 0 Å². The lowest BCUT2D eigenvalue weighted by Gasteiger charge is -2.35. The third-order valence-electron chi connectivity index (χ3n) is 6.38. The third-order valence-corrected chi connectivity index (χ3v) is 6.38. The second-order valence-corrected chi connectivity index (χ2v) is 9.25. The Bertz CT molecular complexity index is 752. The summed E-state index contributed by atoms with van der Waals surface area (Å²) in [5.74, 6) is 1.70. The summed E-state index contributed by atoms with van der Waals surface area (Å²) in [6.45, 7) is 11.3. The largest absolute Gasteiger partial charge is 0.379 e. The number of carbonyl (C=O) groups is 1. The van der Waals surface area contributed by atoms with Crippen LogP contribution in [0.25, 0.3) is 0 Å². The summed E-state index contributed by atoms with van der Waals surface area (Å²) in [5, 5.41) is 6.88. The predicted molar refractivity (Wildman–Crippen MR) is 145 cm³/mol. The van der Waals surface area contributed by atoms with Gasteiger partial charge in [-0.2, -0.15) is 0 Å². The van der Waals surface area contributed by atoms with Crippen LogP contribution in [-0.4, -0.2) is 80.7 Å². The van der Waals surface area contributed by atoms with E-state index in [1.54, 1.807) is 7.05 Å². The van der Waals surface area contributed by atoms with Crippen LogP contribution in [0.3, 0.4) is 0 Å². The molecule has 1 aromatic carbocycles. The molecule has 8 heteroatoms. The Kier molecular flexibility index (Phi) is 12.5. The van der Waals surface area contributed by atoms with Crippen molar-refractivity contribution in [1.82, 2.24) is 20.4 Å². The maximum absolute atomic E-state index is 12.7. The van der Waals surface area contributed by atoms with Crippen molar-refractivity contribution in [2.24, 2.45) is 10.9 Å². The van der Waals surface area contributed by atoms with E-state index in [4.69, 9.17) is 4.74 Å². The highest BCUT2D eigenvalue weighted by molar-refractivity contribution is 14.0. The van der Waals surface area contributed by atoms with E-state index in [1.807, 2.05) is 4.90 Å². The average molecular weight is 572 g/mol. The fraction of sp³-hybridized carbons (Fsp3) is 0.680. The molecule has 1 atom stereocenters. The van der Waals surface area contributed by atoms with E-state index in [0.717, 1.165) is 77.7 Å².